The van der Waals surface area contributed by atoms with Gasteiger partial charge in [0.15, 0.2) is 0 Å². The molecule has 0 aliphatic carbocycles. The second-order valence-corrected chi connectivity index (χ2v) is 8.48. The zero-order chi connectivity index (χ0) is 23.4. The van der Waals surface area contributed by atoms with Crippen LogP contribution >= 0.6 is 0 Å². The molecule has 3 aromatic rings. The van der Waals surface area contributed by atoms with E-state index in [0.717, 1.165) is 17.5 Å². The largest absolute Gasteiger partial charge is 0.385 e. The molecule has 33 heavy (non-hydrogen) atoms. The number of amides is 2. The van der Waals surface area contributed by atoms with E-state index < -0.39 is 5.54 Å². The van der Waals surface area contributed by atoms with Crippen LogP contribution < -0.4 is 10.2 Å². The van der Waals surface area contributed by atoms with Crippen LogP contribution in [0.4, 0.5) is 5.69 Å². The second kappa shape index (κ2) is 9.58. The fourth-order valence-corrected chi connectivity index (χ4v) is 4.26. The number of nitrogens with one attached hydrogen (secondary N) is 1. The van der Waals surface area contributed by atoms with Gasteiger partial charge in [-0.1, -0.05) is 49.4 Å². The summed E-state index contributed by atoms with van der Waals surface area (Å²) in [5.41, 5.74) is 2.79. The van der Waals surface area contributed by atoms with Gasteiger partial charge in [0.05, 0.1) is 12.2 Å². The predicted molar refractivity (Wildman–Crippen MR) is 128 cm³/mol. The van der Waals surface area contributed by atoms with E-state index >= 15 is 0 Å². The zero-order valence-corrected chi connectivity index (χ0v) is 19.4. The highest BCUT2D eigenvalue weighted by molar-refractivity contribution is 6.12. The van der Waals surface area contributed by atoms with Gasteiger partial charge >= 0.3 is 0 Å². The van der Waals surface area contributed by atoms with Gasteiger partial charge in [0.2, 0.25) is 5.91 Å². The summed E-state index contributed by atoms with van der Waals surface area (Å²) in [5, 5.41) is 7.68. The summed E-state index contributed by atoms with van der Waals surface area (Å²) >= 11 is 0. The van der Waals surface area contributed by atoms with Crippen LogP contribution in [0.5, 0.6) is 0 Å². The average molecular weight is 447 g/mol. The highest BCUT2D eigenvalue weighted by atomic mass is 16.5. The lowest BCUT2D eigenvalue weighted by molar-refractivity contribution is -0.126. The molecule has 4 rings (SSSR count). The maximum atomic E-state index is 13.8. The summed E-state index contributed by atoms with van der Waals surface area (Å²) in [6, 6.07) is 19.4. The van der Waals surface area contributed by atoms with E-state index in [1.54, 1.807) is 16.7 Å². The first-order valence-corrected chi connectivity index (χ1v) is 11.3. The van der Waals surface area contributed by atoms with E-state index in [9.17, 15) is 9.59 Å². The van der Waals surface area contributed by atoms with E-state index in [4.69, 9.17) is 9.84 Å². The number of hydrogen-bond donors (Lipinski definition) is 1. The molecule has 7 nitrogen and oxygen atoms in total. The highest BCUT2D eigenvalue weighted by Crippen LogP contribution is 2.34. The van der Waals surface area contributed by atoms with E-state index in [1.165, 1.54) is 0 Å². The number of methoxy groups -OCH3 is 1. The Bertz CT molecular complexity index is 1140. The Morgan fingerprint density at radius 3 is 2.67 bits per heavy atom. The normalized spacial score (nSPS) is 17.7. The molecule has 2 heterocycles. The molecule has 1 unspecified atom stereocenters. The molecule has 1 atom stereocenters. The first-order valence-electron chi connectivity index (χ1n) is 11.3. The number of aromatic nitrogens is 2. The molecule has 7 heteroatoms. The molecule has 1 aromatic heterocycles. The number of nitrogens with zero attached hydrogens (tertiary/aromatic N) is 3. The zero-order valence-electron chi connectivity index (χ0n) is 19.4. The molecule has 1 aliphatic rings. The lowest BCUT2D eigenvalue weighted by Gasteiger charge is -2.43. The number of benzene rings is 2. The Morgan fingerprint density at radius 2 is 1.94 bits per heavy atom. The molecular formula is C26H30N4O3. The van der Waals surface area contributed by atoms with E-state index in [0.29, 0.717) is 36.6 Å². The molecule has 2 amide bonds. The first kappa shape index (κ1) is 22.7. The Balaban J connectivity index is 1.75. The first-order chi connectivity index (χ1) is 16.0. The van der Waals surface area contributed by atoms with Crippen molar-refractivity contribution in [2.45, 2.75) is 38.8 Å². The smallest absolute Gasteiger partial charge is 0.277 e. The third-order valence-electron chi connectivity index (χ3n) is 6.10. The van der Waals surface area contributed by atoms with Gasteiger partial charge < -0.3 is 10.1 Å². The lowest BCUT2D eigenvalue weighted by Crippen LogP contribution is -2.64. The predicted octanol–water partition coefficient (Wildman–Crippen LogP) is 3.68. The van der Waals surface area contributed by atoms with Gasteiger partial charge in [-0.3, -0.25) is 19.2 Å². The van der Waals surface area contributed by atoms with Gasteiger partial charge in [-0.05, 0) is 43.5 Å². The molecule has 172 valence electrons. The number of ether oxygens (including phenoxy) is 1. The topological polar surface area (TPSA) is 76.5 Å². The van der Waals surface area contributed by atoms with Gasteiger partial charge in [0.1, 0.15) is 11.2 Å². The Morgan fingerprint density at radius 1 is 1.15 bits per heavy atom. The number of carbonyl (C=O) groups is 2. The molecule has 0 bridgehead atoms. The van der Waals surface area contributed by atoms with Crippen LogP contribution in [0.3, 0.4) is 0 Å². The fraction of sp³-hybridized carbons (Fsp3) is 0.346. The minimum atomic E-state index is -1.14. The van der Waals surface area contributed by atoms with Crippen molar-refractivity contribution in [2.75, 3.05) is 25.2 Å². The standard InChI is InChI=1S/C26H30N4O3/c1-4-19-10-8-13-21(16-19)30-24(31)23-17-22(20-11-6-5-7-12-20)28-29(23)18-26(30,2)25(32)27-14-9-15-33-3/h5-8,10-13,16-17H,4,9,14-15,18H2,1-3H3,(H,27,32). The molecule has 0 fully saturated rings. The fourth-order valence-electron chi connectivity index (χ4n) is 4.26. The Hall–Kier alpha value is -3.45. The van der Waals surface area contributed by atoms with Crippen molar-refractivity contribution in [3.8, 4) is 11.3 Å². The third kappa shape index (κ3) is 4.41. The average Bonchev–Trinajstić information content (AvgIpc) is 3.26. The SMILES string of the molecule is CCc1cccc(N2C(=O)c3cc(-c4ccccc4)nn3CC2(C)C(=O)NCCCOC)c1. The van der Waals surface area contributed by atoms with Crippen LogP contribution in [0.2, 0.25) is 0 Å². The quantitative estimate of drug-likeness (QED) is 0.536. The summed E-state index contributed by atoms with van der Waals surface area (Å²) in [6.45, 7) is 5.16. The molecule has 0 saturated heterocycles. The second-order valence-electron chi connectivity index (χ2n) is 8.48. The number of anilines is 1. The Kier molecular flexibility index (Phi) is 6.60. The van der Waals surface area contributed by atoms with Crippen molar-refractivity contribution in [1.82, 2.24) is 15.1 Å². The van der Waals surface area contributed by atoms with Crippen molar-refractivity contribution >= 4 is 17.5 Å². The number of fused-ring (bicyclic) bond motifs is 1. The number of aryl methyl sites for hydroxylation is 1. The van der Waals surface area contributed by atoms with Crippen LogP contribution in [-0.4, -0.2) is 47.4 Å². The van der Waals surface area contributed by atoms with Gasteiger partial charge in [-0.25, -0.2) is 0 Å². The molecular weight excluding hydrogens is 416 g/mol. The highest BCUT2D eigenvalue weighted by Gasteiger charge is 2.48. The van der Waals surface area contributed by atoms with Crippen molar-refractivity contribution in [3.05, 3.63) is 71.9 Å². The lowest BCUT2D eigenvalue weighted by atomic mass is 9.93. The van der Waals surface area contributed by atoms with Gasteiger partial charge in [0.25, 0.3) is 5.91 Å². The van der Waals surface area contributed by atoms with Crippen molar-refractivity contribution in [2.24, 2.45) is 0 Å². The summed E-state index contributed by atoms with van der Waals surface area (Å²) < 4.78 is 6.75. The summed E-state index contributed by atoms with van der Waals surface area (Å²) in [6.07, 6.45) is 1.54. The summed E-state index contributed by atoms with van der Waals surface area (Å²) in [7, 11) is 1.63. The van der Waals surface area contributed by atoms with Crippen molar-refractivity contribution in [3.63, 3.8) is 0 Å². The van der Waals surface area contributed by atoms with Gasteiger partial charge in [-0.15, -0.1) is 0 Å². The van der Waals surface area contributed by atoms with Gasteiger partial charge in [0, 0.05) is 31.5 Å². The molecule has 0 spiro atoms. The minimum Gasteiger partial charge on any atom is -0.385 e. The molecule has 0 saturated carbocycles. The van der Waals surface area contributed by atoms with E-state index in [1.807, 2.05) is 67.6 Å². The number of carbonyl (C=O) groups excluding carboxylic acids is 2. The van der Waals surface area contributed by atoms with Crippen LogP contribution in [0.1, 0.15) is 36.3 Å². The van der Waals surface area contributed by atoms with E-state index in [-0.39, 0.29) is 18.4 Å². The van der Waals surface area contributed by atoms with Crippen molar-refractivity contribution in [1.29, 1.82) is 0 Å². The minimum absolute atomic E-state index is 0.212. The summed E-state index contributed by atoms with van der Waals surface area (Å²) in [5.74, 6) is -0.449. The summed E-state index contributed by atoms with van der Waals surface area (Å²) in [4.78, 5) is 28.9. The van der Waals surface area contributed by atoms with Crippen molar-refractivity contribution < 1.29 is 14.3 Å². The van der Waals surface area contributed by atoms with Crippen LogP contribution in [0.25, 0.3) is 11.3 Å². The monoisotopic (exact) mass is 446 g/mol. The maximum absolute atomic E-state index is 13.8. The van der Waals surface area contributed by atoms with Crippen LogP contribution in [0.15, 0.2) is 60.7 Å². The number of rotatable bonds is 8. The molecule has 0 radical (unpaired) electrons. The van der Waals surface area contributed by atoms with Crippen LogP contribution in [0, 0.1) is 0 Å². The van der Waals surface area contributed by atoms with E-state index in [2.05, 4.69) is 12.2 Å². The molecule has 2 aromatic carbocycles. The van der Waals surface area contributed by atoms with Crippen LogP contribution in [-0.2, 0) is 22.5 Å². The third-order valence-corrected chi connectivity index (χ3v) is 6.10. The van der Waals surface area contributed by atoms with Gasteiger partial charge in [-0.2, -0.15) is 5.10 Å². The Labute approximate surface area is 194 Å². The maximum Gasteiger partial charge on any atom is 0.277 e. The molecule has 1 aliphatic heterocycles. The number of hydrogen-bond acceptors (Lipinski definition) is 4. The molecule has 1 N–H and O–H groups in total.